The van der Waals surface area contributed by atoms with Crippen LogP contribution in [-0.4, -0.2) is 32.0 Å². The van der Waals surface area contributed by atoms with E-state index in [0.717, 1.165) is 10.2 Å². The summed E-state index contributed by atoms with van der Waals surface area (Å²) in [5, 5.41) is 17.1. The number of cyclic esters (lactones) is 2. The number of carbonyl (C=O) groups is 2. The zero-order valence-electron chi connectivity index (χ0n) is 9.25. The molecule has 0 spiro atoms. The van der Waals surface area contributed by atoms with Crippen LogP contribution in [0, 0.1) is 6.92 Å². The molecule has 0 fully saturated rings. The minimum Gasteiger partial charge on any atom is -0.506 e. The quantitative estimate of drug-likeness (QED) is 0.583. The monoisotopic (exact) mass is 245 g/mol. The summed E-state index contributed by atoms with van der Waals surface area (Å²) >= 11 is 0. The number of nitrogens with zero attached hydrogens (tertiary/aromatic N) is 3. The van der Waals surface area contributed by atoms with Crippen molar-refractivity contribution in [2.75, 3.05) is 0 Å². The molecule has 0 amide bonds. The van der Waals surface area contributed by atoms with Crippen molar-refractivity contribution in [1.29, 1.82) is 0 Å². The van der Waals surface area contributed by atoms with E-state index in [2.05, 4.69) is 15.0 Å². The van der Waals surface area contributed by atoms with Crippen LogP contribution in [0.5, 0.6) is 5.75 Å². The van der Waals surface area contributed by atoms with E-state index in [0.29, 0.717) is 0 Å². The first-order valence-corrected chi connectivity index (χ1v) is 5.10. The number of esters is 2. The molecule has 2 heterocycles. The minimum absolute atomic E-state index is 0.0603. The predicted octanol–water partition coefficient (Wildman–Crippen LogP) is 0.592. The summed E-state index contributed by atoms with van der Waals surface area (Å²) in [5.74, 6) is -1.71. The van der Waals surface area contributed by atoms with E-state index < -0.39 is 11.9 Å². The Labute approximate surface area is 101 Å². The van der Waals surface area contributed by atoms with Gasteiger partial charge in [0.15, 0.2) is 5.69 Å². The summed E-state index contributed by atoms with van der Waals surface area (Å²) in [6.07, 6.45) is 0. The van der Waals surface area contributed by atoms with Crippen LogP contribution in [0.25, 0.3) is 5.69 Å². The predicted molar refractivity (Wildman–Crippen MR) is 57.5 cm³/mol. The number of ether oxygens (including phenoxy) is 1. The van der Waals surface area contributed by atoms with Gasteiger partial charge in [-0.1, -0.05) is 11.3 Å². The Morgan fingerprint density at radius 2 is 2.06 bits per heavy atom. The zero-order chi connectivity index (χ0) is 12.9. The third-order valence-corrected chi connectivity index (χ3v) is 2.60. The molecular weight excluding hydrogens is 238 g/mol. The van der Waals surface area contributed by atoms with Gasteiger partial charge in [0.1, 0.15) is 11.4 Å². The van der Waals surface area contributed by atoms with Crippen LogP contribution in [0.2, 0.25) is 0 Å². The average molecular weight is 245 g/mol. The lowest BCUT2D eigenvalue weighted by Gasteiger charge is -2.05. The van der Waals surface area contributed by atoms with Gasteiger partial charge < -0.3 is 9.84 Å². The van der Waals surface area contributed by atoms with E-state index in [4.69, 9.17) is 0 Å². The van der Waals surface area contributed by atoms with Crippen LogP contribution in [0.15, 0.2) is 18.2 Å². The number of hydrogen-bond acceptors (Lipinski definition) is 6. The third kappa shape index (κ3) is 1.30. The maximum Gasteiger partial charge on any atom is 0.369 e. The Morgan fingerprint density at radius 1 is 1.28 bits per heavy atom. The van der Waals surface area contributed by atoms with Gasteiger partial charge >= 0.3 is 11.9 Å². The first-order chi connectivity index (χ1) is 8.58. The highest BCUT2D eigenvalue weighted by Crippen LogP contribution is 2.26. The van der Waals surface area contributed by atoms with Crippen molar-refractivity contribution in [2.24, 2.45) is 0 Å². The van der Waals surface area contributed by atoms with Crippen LogP contribution < -0.4 is 0 Å². The second-order valence-corrected chi connectivity index (χ2v) is 3.87. The Bertz CT molecular complexity index is 690. The number of phenolic OH excluding ortho intramolecular Hbond substituents is 1. The number of aryl methyl sites for hydroxylation is 1. The summed E-state index contributed by atoms with van der Waals surface area (Å²) in [5.41, 5.74) is 0.909. The van der Waals surface area contributed by atoms with Gasteiger partial charge in [0.05, 0.1) is 0 Å². The molecule has 1 aromatic heterocycles. The zero-order valence-corrected chi connectivity index (χ0v) is 9.25. The number of rotatable bonds is 1. The lowest BCUT2D eigenvalue weighted by atomic mass is 10.2. The molecule has 0 saturated carbocycles. The Hall–Kier alpha value is -2.70. The second kappa shape index (κ2) is 3.39. The molecule has 1 aliphatic heterocycles. The van der Waals surface area contributed by atoms with Crippen LogP contribution >= 0.6 is 0 Å². The molecule has 7 nitrogen and oxygen atoms in total. The standard InChI is InChI=1S/C11H7N3O4/c1-5-2-3-6(7(15)4-5)14-9-8(12-13-14)10(16)18-11(9)17/h2-4,15H,1H3. The number of aromatic nitrogens is 3. The number of fused-ring (bicyclic) bond motifs is 1. The van der Waals surface area contributed by atoms with Gasteiger partial charge in [-0.05, 0) is 24.6 Å². The van der Waals surface area contributed by atoms with Crippen LogP contribution in [-0.2, 0) is 4.74 Å². The average Bonchev–Trinajstić information content (AvgIpc) is 2.83. The molecule has 2 aromatic rings. The van der Waals surface area contributed by atoms with Crippen LogP contribution in [0.1, 0.15) is 26.5 Å². The normalized spacial score (nSPS) is 13.6. The molecule has 0 aliphatic carbocycles. The van der Waals surface area contributed by atoms with E-state index in [9.17, 15) is 14.7 Å². The molecule has 0 bridgehead atoms. The fourth-order valence-electron chi connectivity index (χ4n) is 1.76. The van der Waals surface area contributed by atoms with Crippen LogP contribution in [0.3, 0.4) is 0 Å². The van der Waals surface area contributed by atoms with Gasteiger partial charge in [-0.2, -0.15) is 0 Å². The Kier molecular flexibility index (Phi) is 1.97. The van der Waals surface area contributed by atoms with Gasteiger partial charge in [-0.25, -0.2) is 14.3 Å². The van der Waals surface area contributed by atoms with E-state index in [1.54, 1.807) is 12.1 Å². The molecule has 0 radical (unpaired) electrons. The summed E-state index contributed by atoms with van der Waals surface area (Å²) in [6.45, 7) is 1.81. The molecule has 0 saturated heterocycles. The van der Waals surface area contributed by atoms with Crippen molar-refractivity contribution in [3.05, 3.63) is 35.2 Å². The maximum absolute atomic E-state index is 11.5. The topological polar surface area (TPSA) is 94.3 Å². The van der Waals surface area contributed by atoms with Crippen molar-refractivity contribution in [3.63, 3.8) is 0 Å². The molecule has 3 rings (SSSR count). The minimum atomic E-state index is -0.826. The molecule has 7 heteroatoms. The molecule has 18 heavy (non-hydrogen) atoms. The van der Waals surface area contributed by atoms with E-state index in [1.807, 2.05) is 6.92 Å². The molecule has 1 aliphatic rings. The number of hydrogen-bond donors (Lipinski definition) is 1. The van der Waals surface area contributed by atoms with E-state index in [1.165, 1.54) is 6.07 Å². The van der Waals surface area contributed by atoms with Crippen molar-refractivity contribution in [2.45, 2.75) is 6.92 Å². The summed E-state index contributed by atoms with van der Waals surface area (Å²) < 4.78 is 5.51. The highest BCUT2D eigenvalue weighted by atomic mass is 16.6. The van der Waals surface area contributed by atoms with E-state index >= 15 is 0 Å². The van der Waals surface area contributed by atoms with Gasteiger partial charge in [-0.15, -0.1) is 5.10 Å². The smallest absolute Gasteiger partial charge is 0.369 e. The lowest BCUT2D eigenvalue weighted by molar-refractivity contribution is 0.0434. The van der Waals surface area contributed by atoms with Crippen molar-refractivity contribution in [3.8, 4) is 11.4 Å². The summed E-state index contributed by atoms with van der Waals surface area (Å²) in [4.78, 5) is 22.7. The van der Waals surface area contributed by atoms with Gasteiger partial charge in [-0.3, -0.25) is 0 Å². The third-order valence-electron chi connectivity index (χ3n) is 2.60. The van der Waals surface area contributed by atoms with E-state index in [-0.39, 0.29) is 22.8 Å². The molecule has 0 unspecified atom stereocenters. The largest absolute Gasteiger partial charge is 0.506 e. The summed E-state index contributed by atoms with van der Waals surface area (Å²) in [6, 6.07) is 4.84. The van der Waals surface area contributed by atoms with Crippen molar-refractivity contribution >= 4 is 11.9 Å². The Morgan fingerprint density at radius 3 is 2.78 bits per heavy atom. The molecule has 0 atom stereocenters. The SMILES string of the molecule is Cc1ccc(-n2nnc3c2C(=O)OC3=O)c(O)c1. The van der Waals surface area contributed by atoms with Crippen molar-refractivity contribution in [1.82, 2.24) is 15.0 Å². The number of aromatic hydroxyl groups is 1. The number of benzene rings is 1. The highest BCUT2D eigenvalue weighted by Gasteiger charge is 2.37. The number of carbonyl (C=O) groups excluding carboxylic acids is 2. The first kappa shape index (κ1) is 10.5. The van der Waals surface area contributed by atoms with Gasteiger partial charge in [0, 0.05) is 0 Å². The fraction of sp³-hybridized carbons (Fsp3) is 0.0909. The van der Waals surface area contributed by atoms with Crippen LogP contribution in [0.4, 0.5) is 0 Å². The second-order valence-electron chi connectivity index (χ2n) is 3.87. The fourth-order valence-corrected chi connectivity index (χ4v) is 1.76. The maximum atomic E-state index is 11.5. The number of phenols is 1. The molecule has 1 N–H and O–H groups in total. The molecular formula is C11H7N3O4. The van der Waals surface area contributed by atoms with Gasteiger partial charge in [0.2, 0.25) is 5.69 Å². The highest BCUT2D eigenvalue weighted by molar-refractivity contribution is 6.12. The molecule has 1 aromatic carbocycles. The van der Waals surface area contributed by atoms with Crippen molar-refractivity contribution < 1.29 is 19.4 Å². The summed E-state index contributed by atoms with van der Waals surface area (Å²) in [7, 11) is 0. The van der Waals surface area contributed by atoms with Gasteiger partial charge in [0.25, 0.3) is 0 Å². The first-order valence-electron chi connectivity index (χ1n) is 5.10. The Balaban J connectivity index is 2.23. The lowest BCUT2D eigenvalue weighted by Crippen LogP contribution is -2.08. The molecule has 90 valence electrons.